The third-order valence-corrected chi connectivity index (χ3v) is 7.49. The molecule has 0 radical (unpaired) electrons. The number of oxazole rings is 1. The first kappa shape index (κ1) is 18.3. The van der Waals surface area contributed by atoms with Crippen LogP contribution in [0.15, 0.2) is 56.7 Å². The molecule has 3 aromatic rings. The zero-order valence-corrected chi connectivity index (χ0v) is 16.5. The lowest BCUT2D eigenvalue weighted by molar-refractivity contribution is 0.0827. The minimum atomic E-state index is -3.60. The van der Waals surface area contributed by atoms with Gasteiger partial charge >= 0.3 is 5.76 Å². The molecule has 0 aliphatic carbocycles. The van der Waals surface area contributed by atoms with Crippen molar-refractivity contribution in [3.63, 3.8) is 0 Å². The SMILES string of the molecule is O=c1[nH]c2ccc(S(=O)(=O)N3CC(N4CCN(c5ccccn5)CC4)C3)cc2o1. The molecule has 9 nitrogen and oxygen atoms in total. The van der Waals surface area contributed by atoms with Gasteiger partial charge in [-0.25, -0.2) is 18.2 Å². The first-order valence-electron chi connectivity index (χ1n) is 9.54. The molecule has 0 amide bonds. The third-order valence-electron chi connectivity index (χ3n) is 5.66. The summed E-state index contributed by atoms with van der Waals surface area (Å²) in [5.74, 6) is 0.389. The summed E-state index contributed by atoms with van der Waals surface area (Å²) in [5.41, 5.74) is 0.736. The molecule has 2 fully saturated rings. The molecule has 2 aliphatic rings. The van der Waals surface area contributed by atoms with Gasteiger partial charge in [0, 0.05) is 57.6 Å². The molecule has 0 saturated carbocycles. The van der Waals surface area contributed by atoms with Crippen molar-refractivity contribution in [3.05, 3.63) is 53.1 Å². The average molecular weight is 415 g/mol. The minimum Gasteiger partial charge on any atom is -0.408 e. The largest absolute Gasteiger partial charge is 0.417 e. The summed E-state index contributed by atoms with van der Waals surface area (Å²) in [6, 6.07) is 10.6. The second-order valence-electron chi connectivity index (χ2n) is 7.36. The number of piperazine rings is 1. The molecular weight excluding hydrogens is 394 g/mol. The van der Waals surface area contributed by atoms with Crippen LogP contribution in [0.5, 0.6) is 0 Å². The summed E-state index contributed by atoms with van der Waals surface area (Å²) in [6.45, 7) is 4.47. The highest BCUT2D eigenvalue weighted by molar-refractivity contribution is 7.89. The number of aromatic nitrogens is 2. The fourth-order valence-electron chi connectivity index (χ4n) is 3.94. The molecule has 0 spiro atoms. The second kappa shape index (κ2) is 6.97. The molecular formula is C19H21N5O4S. The van der Waals surface area contributed by atoms with Gasteiger partial charge in [0.1, 0.15) is 5.82 Å². The molecule has 152 valence electrons. The third kappa shape index (κ3) is 3.33. The van der Waals surface area contributed by atoms with Crippen LogP contribution in [0.4, 0.5) is 5.82 Å². The fraction of sp³-hybridized carbons (Fsp3) is 0.368. The van der Waals surface area contributed by atoms with Gasteiger partial charge in [-0.1, -0.05) is 6.07 Å². The summed E-state index contributed by atoms with van der Waals surface area (Å²) in [4.78, 5) is 22.9. The average Bonchev–Trinajstić information content (AvgIpc) is 3.07. The van der Waals surface area contributed by atoms with Gasteiger partial charge in [-0.3, -0.25) is 9.88 Å². The van der Waals surface area contributed by atoms with Crippen LogP contribution in [0.2, 0.25) is 0 Å². The summed E-state index contributed by atoms with van der Waals surface area (Å²) in [7, 11) is -3.60. The molecule has 2 aliphatic heterocycles. The zero-order valence-electron chi connectivity index (χ0n) is 15.7. The van der Waals surface area contributed by atoms with Crippen LogP contribution >= 0.6 is 0 Å². The Labute approximate surface area is 167 Å². The number of nitrogens with zero attached hydrogens (tertiary/aromatic N) is 4. The highest BCUT2D eigenvalue weighted by Gasteiger charge is 2.40. The number of fused-ring (bicyclic) bond motifs is 1. The van der Waals surface area contributed by atoms with Crippen LogP contribution in [-0.4, -0.2) is 72.9 Å². The van der Waals surface area contributed by atoms with Gasteiger partial charge in [-0.2, -0.15) is 4.31 Å². The Bertz CT molecular complexity index is 1180. The molecule has 10 heteroatoms. The van der Waals surface area contributed by atoms with Crippen LogP contribution in [-0.2, 0) is 10.0 Å². The molecule has 4 heterocycles. The van der Waals surface area contributed by atoms with E-state index < -0.39 is 15.8 Å². The lowest BCUT2D eigenvalue weighted by Gasteiger charge is -2.47. The van der Waals surface area contributed by atoms with Crippen molar-refractivity contribution in [3.8, 4) is 0 Å². The highest BCUT2D eigenvalue weighted by atomic mass is 32.2. The highest BCUT2D eigenvalue weighted by Crippen LogP contribution is 2.27. The van der Waals surface area contributed by atoms with Crippen molar-refractivity contribution in [2.75, 3.05) is 44.2 Å². The molecule has 1 N–H and O–H groups in total. The molecule has 29 heavy (non-hydrogen) atoms. The molecule has 0 unspecified atom stereocenters. The van der Waals surface area contributed by atoms with Crippen molar-refractivity contribution in [1.29, 1.82) is 0 Å². The lowest BCUT2D eigenvalue weighted by Crippen LogP contribution is -2.64. The van der Waals surface area contributed by atoms with Crippen molar-refractivity contribution < 1.29 is 12.8 Å². The molecule has 1 aromatic carbocycles. The quantitative estimate of drug-likeness (QED) is 0.669. The first-order valence-corrected chi connectivity index (χ1v) is 11.0. The predicted molar refractivity (Wildman–Crippen MR) is 107 cm³/mol. The number of hydrogen-bond donors (Lipinski definition) is 1. The number of pyridine rings is 1. The number of sulfonamides is 1. The van der Waals surface area contributed by atoms with E-state index in [0.29, 0.717) is 18.6 Å². The van der Waals surface area contributed by atoms with Gasteiger partial charge in [-0.05, 0) is 24.3 Å². The Morgan fingerprint density at radius 3 is 2.59 bits per heavy atom. The van der Waals surface area contributed by atoms with Crippen LogP contribution < -0.4 is 10.7 Å². The van der Waals surface area contributed by atoms with E-state index in [1.807, 2.05) is 18.2 Å². The number of rotatable bonds is 4. The molecule has 0 bridgehead atoms. The van der Waals surface area contributed by atoms with Gasteiger partial charge in [-0.15, -0.1) is 0 Å². The van der Waals surface area contributed by atoms with Crippen LogP contribution in [0, 0.1) is 0 Å². The predicted octanol–water partition coefficient (Wildman–Crippen LogP) is 0.711. The van der Waals surface area contributed by atoms with E-state index in [9.17, 15) is 13.2 Å². The second-order valence-corrected chi connectivity index (χ2v) is 9.30. The smallest absolute Gasteiger partial charge is 0.408 e. The molecule has 0 atom stereocenters. The van der Waals surface area contributed by atoms with Crippen molar-refractivity contribution in [2.45, 2.75) is 10.9 Å². The van der Waals surface area contributed by atoms with Crippen LogP contribution in [0.1, 0.15) is 0 Å². The maximum atomic E-state index is 12.9. The normalized spacial score (nSPS) is 19.5. The van der Waals surface area contributed by atoms with Crippen molar-refractivity contribution >= 4 is 26.9 Å². The number of H-pyrrole nitrogens is 1. The summed E-state index contributed by atoms with van der Waals surface area (Å²) in [6.07, 6.45) is 1.80. The molecule has 2 aromatic heterocycles. The summed E-state index contributed by atoms with van der Waals surface area (Å²) in [5, 5.41) is 0. The van der Waals surface area contributed by atoms with E-state index >= 15 is 0 Å². The maximum Gasteiger partial charge on any atom is 0.417 e. The Kier molecular flexibility index (Phi) is 4.41. The topological polar surface area (TPSA) is 103 Å². The maximum absolute atomic E-state index is 12.9. The molecule has 2 saturated heterocycles. The number of benzene rings is 1. The van der Waals surface area contributed by atoms with E-state index in [0.717, 1.165) is 32.0 Å². The minimum absolute atomic E-state index is 0.145. The fourth-order valence-corrected chi connectivity index (χ4v) is 5.47. The van der Waals surface area contributed by atoms with Gasteiger partial charge in [0.05, 0.1) is 10.4 Å². The summed E-state index contributed by atoms with van der Waals surface area (Å²) < 4.78 is 32.2. The van der Waals surface area contributed by atoms with E-state index in [-0.39, 0.29) is 16.5 Å². The van der Waals surface area contributed by atoms with Gasteiger partial charge in [0.25, 0.3) is 0 Å². The van der Waals surface area contributed by atoms with E-state index in [4.69, 9.17) is 4.42 Å². The number of hydrogen-bond acceptors (Lipinski definition) is 7. The van der Waals surface area contributed by atoms with Gasteiger partial charge in [0.2, 0.25) is 10.0 Å². The van der Waals surface area contributed by atoms with Gasteiger partial charge in [0.15, 0.2) is 5.58 Å². The Morgan fingerprint density at radius 2 is 1.86 bits per heavy atom. The number of nitrogens with one attached hydrogen (secondary N) is 1. The first-order chi connectivity index (χ1) is 14.0. The van der Waals surface area contributed by atoms with E-state index in [1.54, 1.807) is 12.3 Å². The standard InChI is InChI=1S/C19H21N5O4S/c25-19-21-16-5-4-15(11-17(16)28-19)29(26,27)24-12-14(13-24)22-7-9-23(10-8-22)18-3-1-2-6-20-18/h1-6,11,14H,7-10,12-13H2,(H,21,25). The number of anilines is 1. The molecule has 5 rings (SSSR count). The lowest BCUT2D eigenvalue weighted by atomic mass is 10.1. The van der Waals surface area contributed by atoms with Crippen molar-refractivity contribution in [1.82, 2.24) is 19.2 Å². The van der Waals surface area contributed by atoms with Gasteiger partial charge < -0.3 is 9.32 Å². The Balaban J connectivity index is 1.21. The van der Waals surface area contributed by atoms with E-state index in [1.165, 1.54) is 16.4 Å². The van der Waals surface area contributed by atoms with Crippen LogP contribution in [0.3, 0.4) is 0 Å². The summed E-state index contributed by atoms with van der Waals surface area (Å²) >= 11 is 0. The van der Waals surface area contributed by atoms with Crippen molar-refractivity contribution in [2.24, 2.45) is 0 Å². The van der Waals surface area contributed by atoms with Crippen LogP contribution in [0.25, 0.3) is 11.1 Å². The monoisotopic (exact) mass is 415 g/mol. The zero-order chi connectivity index (χ0) is 20.0. The Hall–Kier alpha value is -2.69. The Morgan fingerprint density at radius 1 is 1.07 bits per heavy atom. The van der Waals surface area contributed by atoms with E-state index in [2.05, 4.69) is 19.8 Å². The number of aromatic amines is 1.